The van der Waals surface area contributed by atoms with Gasteiger partial charge in [-0.15, -0.1) is 0 Å². The Morgan fingerprint density at radius 2 is 2.14 bits per heavy atom. The van der Waals surface area contributed by atoms with E-state index in [0.29, 0.717) is 12.2 Å². The van der Waals surface area contributed by atoms with Crippen molar-refractivity contribution < 1.29 is 9.47 Å². The highest BCUT2D eigenvalue weighted by atomic mass is 16.8. The molecule has 0 N–H and O–H groups in total. The van der Waals surface area contributed by atoms with E-state index in [-0.39, 0.29) is 5.79 Å². The molecule has 3 atom stereocenters. The molecule has 0 aromatic carbocycles. The molecule has 80 valence electrons. The Labute approximate surface area is 86.3 Å². The molecule has 0 aromatic rings. The second-order valence-electron chi connectivity index (χ2n) is 4.20. The number of fused-ring (bicyclic) bond motifs is 1. The van der Waals surface area contributed by atoms with Crippen LogP contribution < -0.4 is 0 Å². The Bertz CT molecular complexity index is 224. The number of allylic oxidation sites excluding steroid dienone is 1. The van der Waals surface area contributed by atoms with Gasteiger partial charge in [-0.2, -0.15) is 0 Å². The first-order chi connectivity index (χ1) is 6.80. The number of hydrogen-bond acceptors (Lipinski definition) is 2. The van der Waals surface area contributed by atoms with Gasteiger partial charge in [0.2, 0.25) is 0 Å². The van der Waals surface area contributed by atoms with Crippen LogP contribution in [0.15, 0.2) is 12.2 Å². The molecule has 0 saturated carbocycles. The largest absolute Gasteiger partial charge is 0.344 e. The lowest BCUT2D eigenvalue weighted by atomic mass is 10.1. The van der Waals surface area contributed by atoms with Crippen LogP contribution in [0.1, 0.15) is 46.0 Å². The third-order valence-corrected chi connectivity index (χ3v) is 3.26. The van der Waals surface area contributed by atoms with Crippen molar-refractivity contribution in [1.29, 1.82) is 0 Å². The second kappa shape index (κ2) is 4.03. The lowest BCUT2D eigenvalue weighted by Crippen LogP contribution is -2.25. The summed E-state index contributed by atoms with van der Waals surface area (Å²) in [6.07, 6.45) is 10.6. The number of ether oxygens (including phenoxy) is 2. The minimum Gasteiger partial charge on any atom is -0.344 e. The van der Waals surface area contributed by atoms with E-state index in [4.69, 9.17) is 9.47 Å². The molecule has 2 nitrogen and oxygen atoms in total. The van der Waals surface area contributed by atoms with Crippen LogP contribution >= 0.6 is 0 Å². The van der Waals surface area contributed by atoms with Crippen molar-refractivity contribution in [3.05, 3.63) is 12.2 Å². The summed E-state index contributed by atoms with van der Waals surface area (Å²) >= 11 is 0. The van der Waals surface area contributed by atoms with Gasteiger partial charge >= 0.3 is 0 Å². The Morgan fingerprint density at radius 1 is 1.29 bits per heavy atom. The molecule has 0 aromatic heterocycles. The molecule has 1 fully saturated rings. The Morgan fingerprint density at radius 3 is 2.86 bits per heavy atom. The van der Waals surface area contributed by atoms with Gasteiger partial charge in [0.15, 0.2) is 5.79 Å². The highest BCUT2D eigenvalue weighted by Crippen LogP contribution is 2.45. The summed E-state index contributed by atoms with van der Waals surface area (Å²) in [6.45, 7) is 4.33. The average Bonchev–Trinajstić information content (AvgIpc) is 2.89. The molecular formula is C12H20O2. The van der Waals surface area contributed by atoms with Crippen molar-refractivity contribution in [2.24, 2.45) is 0 Å². The minimum absolute atomic E-state index is 0.227. The molecule has 2 aliphatic heterocycles. The zero-order valence-corrected chi connectivity index (χ0v) is 9.16. The quantitative estimate of drug-likeness (QED) is 0.500. The number of epoxide rings is 1. The van der Waals surface area contributed by atoms with Crippen molar-refractivity contribution in [3.8, 4) is 0 Å². The predicted octanol–water partition coefficient (Wildman–Crippen LogP) is 3.03. The smallest absolute Gasteiger partial charge is 0.195 e. The molecular weight excluding hydrogens is 176 g/mol. The molecule has 0 aliphatic carbocycles. The van der Waals surface area contributed by atoms with E-state index in [1.807, 2.05) is 0 Å². The summed E-state index contributed by atoms with van der Waals surface area (Å²) in [5.41, 5.74) is 0. The Hall–Kier alpha value is -0.340. The van der Waals surface area contributed by atoms with Crippen molar-refractivity contribution in [1.82, 2.24) is 0 Å². The monoisotopic (exact) mass is 196 g/mol. The van der Waals surface area contributed by atoms with Gasteiger partial charge in [0.25, 0.3) is 0 Å². The Kier molecular flexibility index (Phi) is 2.93. The third-order valence-electron chi connectivity index (χ3n) is 3.26. The summed E-state index contributed by atoms with van der Waals surface area (Å²) in [5, 5.41) is 0. The fourth-order valence-corrected chi connectivity index (χ4v) is 2.18. The van der Waals surface area contributed by atoms with Gasteiger partial charge in [-0.3, -0.25) is 0 Å². The van der Waals surface area contributed by atoms with E-state index in [2.05, 4.69) is 26.0 Å². The van der Waals surface area contributed by atoms with Gasteiger partial charge in [0.1, 0.15) is 6.10 Å². The molecule has 0 unspecified atom stereocenters. The van der Waals surface area contributed by atoms with Crippen LogP contribution in [0.25, 0.3) is 0 Å². The third kappa shape index (κ3) is 1.86. The number of rotatable bonds is 2. The second-order valence-corrected chi connectivity index (χ2v) is 4.20. The molecule has 14 heavy (non-hydrogen) atoms. The van der Waals surface area contributed by atoms with Gasteiger partial charge < -0.3 is 9.47 Å². The number of hydrogen-bond donors (Lipinski definition) is 0. The van der Waals surface area contributed by atoms with Gasteiger partial charge in [0, 0.05) is 6.42 Å². The predicted molar refractivity (Wildman–Crippen MR) is 56.1 cm³/mol. The van der Waals surface area contributed by atoms with Crippen LogP contribution in [0.5, 0.6) is 0 Å². The molecule has 0 bridgehead atoms. The van der Waals surface area contributed by atoms with Crippen molar-refractivity contribution in [3.63, 3.8) is 0 Å². The molecule has 2 heteroatoms. The average molecular weight is 196 g/mol. The van der Waals surface area contributed by atoms with E-state index >= 15 is 0 Å². The van der Waals surface area contributed by atoms with Crippen molar-refractivity contribution >= 4 is 0 Å². The Balaban J connectivity index is 2.03. The van der Waals surface area contributed by atoms with Crippen LogP contribution in [0.3, 0.4) is 0 Å². The fourth-order valence-electron chi connectivity index (χ4n) is 2.18. The molecule has 0 spiro atoms. The first-order valence-electron chi connectivity index (χ1n) is 5.81. The lowest BCUT2D eigenvalue weighted by Gasteiger charge is -2.20. The summed E-state index contributed by atoms with van der Waals surface area (Å²) in [4.78, 5) is 0. The summed E-state index contributed by atoms with van der Waals surface area (Å²) in [7, 11) is 0. The molecule has 2 heterocycles. The van der Waals surface area contributed by atoms with Crippen molar-refractivity contribution in [2.75, 3.05) is 0 Å². The molecule has 2 rings (SSSR count). The molecule has 1 saturated heterocycles. The van der Waals surface area contributed by atoms with Crippen LogP contribution in [0.2, 0.25) is 0 Å². The summed E-state index contributed by atoms with van der Waals surface area (Å²) in [6, 6.07) is 0. The lowest BCUT2D eigenvalue weighted by molar-refractivity contribution is -0.0957. The topological polar surface area (TPSA) is 21.8 Å². The van der Waals surface area contributed by atoms with Gasteiger partial charge in [-0.1, -0.05) is 26.0 Å². The van der Waals surface area contributed by atoms with E-state index in [9.17, 15) is 0 Å². The molecule has 0 amide bonds. The van der Waals surface area contributed by atoms with Gasteiger partial charge in [0.05, 0.1) is 6.10 Å². The normalized spacial score (nSPS) is 44.4. The van der Waals surface area contributed by atoms with Gasteiger partial charge in [-0.25, -0.2) is 0 Å². The highest BCUT2D eigenvalue weighted by Gasteiger charge is 2.56. The SMILES string of the molecule is CC[C@@H]1CC/C=C\C[C@@H]2O[C@@]2(CC)O1. The zero-order chi connectivity index (χ0) is 10.0. The van der Waals surface area contributed by atoms with Crippen molar-refractivity contribution in [2.45, 2.75) is 63.9 Å². The molecule has 0 radical (unpaired) electrons. The summed E-state index contributed by atoms with van der Waals surface area (Å²) < 4.78 is 11.8. The highest BCUT2D eigenvalue weighted by molar-refractivity contribution is 5.01. The first kappa shape index (κ1) is 10.2. The van der Waals surface area contributed by atoms with Gasteiger partial charge in [-0.05, 0) is 25.7 Å². The van der Waals surface area contributed by atoms with Crippen LogP contribution in [-0.2, 0) is 9.47 Å². The minimum atomic E-state index is -0.227. The van der Waals surface area contributed by atoms with E-state index in [1.54, 1.807) is 0 Å². The maximum atomic E-state index is 6.07. The maximum absolute atomic E-state index is 6.07. The fraction of sp³-hybridized carbons (Fsp3) is 0.833. The molecule has 2 aliphatic rings. The van der Waals surface area contributed by atoms with E-state index in [1.165, 1.54) is 0 Å². The maximum Gasteiger partial charge on any atom is 0.195 e. The first-order valence-corrected chi connectivity index (χ1v) is 5.81. The van der Waals surface area contributed by atoms with Crippen LogP contribution in [0, 0.1) is 0 Å². The van der Waals surface area contributed by atoms with Crippen LogP contribution in [0.4, 0.5) is 0 Å². The summed E-state index contributed by atoms with van der Waals surface area (Å²) in [5.74, 6) is -0.227. The zero-order valence-electron chi connectivity index (χ0n) is 9.16. The standard InChI is InChI=1S/C12H20O2/c1-3-10-8-6-5-7-9-11-12(4-2,13-10)14-11/h5,7,10-11H,3-4,6,8-9H2,1-2H3/b7-5-/t10-,11+,12-/m1/s1. The van der Waals surface area contributed by atoms with E-state index in [0.717, 1.165) is 32.1 Å². The van der Waals surface area contributed by atoms with Crippen LogP contribution in [-0.4, -0.2) is 18.0 Å². The van der Waals surface area contributed by atoms with E-state index < -0.39 is 0 Å².